The fraction of sp³-hybridized carbons (Fsp3) is 0.267. The van der Waals surface area contributed by atoms with E-state index >= 15 is 0 Å². The second kappa shape index (κ2) is 6.73. The lowest BCUT2D eigenvalue weighted by Crippen LogP contribution is -2.17. The number of esters is 1. The molecule has 128 valence electrons. The fourth-order valence-electron chi connectivity index (χ4n) is 1.97. The van der Waals surface area contributed by atoms with Crippen molar-refractivity contribution in [3.63, 3.8) is 0 Å². The molecule has 0 aliphatic rings. The number of rotatable bonds is 4. The van der Waals surface area contributed by atoms with Crippen molar-refractivity contribution in [1.29, 1.82) is 0 Å². The molecule has 0 unspecified atom stereocenters. The van der Waals surface area contributed by atoms with Gasteiger partial charge in [-0.1, -0.05) is 0 Å². The van der Waals surface area contributed by atoms with Gasteiger partial charge in [0.15, 0.2) is 5.69 Å². The van der Waals surface area contributed by atoms with E-state index in [-0.39, 0.29) is 17.9 Å². The molecule has 0 aliphatic carbocycles. The lowest BCUT2D eigenvalue weighted by molar-refractivity contribution is -0.141. The maximum Gasteiger partial charge on any atom is 0.435 e. The monoisotopic (exact) mass is 341 g/mol. The van der Waals surface area contributed by atoms with Crippen LogP contribution in [0.4, 0.5) is 18.9 Å². The molecule has 6 nitrogen and oxygen atoms in total. The molecule has 0 saturated heterocycles. The number of nitrogens with one attached hydrogen (secondary N) is 1. The number of halogens is 3. The van der Waals surface area contributed by atoms with E-state index in [2.05, 4.69) is 10.4 Å². The van der Waals surface area contributed by atoms with Crippen LogP contribution in [0.15, 0.2) is 30.5 Å². The van der Waals surface area contributed by atoms with E-state index in [1.54, 1.807) is 6.92 Å². The van der Waals surface area contributed by atoms with Gasteiger partial charge in [-0.25, -0.2) is 4.79 Å². The van der Waals surface area contributed by atoms with Gasteiger partial charge in [0.1, 0.15) is 0 Å². The lowest BCUT2D eigenvalue weighted by Gasteiger charge is -2.08. The van der Waals surface area contributed by atoms with Crippen LogP contribution in [0.25, 0.3) is 0 Å². The highest BCUT2D eigenvalue weighted by atomic mass is 19.4. The molecule has 0 fully saturated rings. The van der Waals surface area contributed by atoms with E-state index in [9.17, 15) is 22.8 Å². The van der Waals surface area contributed by atoms with E-state index < -0.39 is 29.3 Å². The fourth-order valence-corrected chi connectivity index (χ4v) is 1.97. The number of hydrogen-bond acceptors (Lipinski definition) is 4. The van der Waals surface area contributed by atoms with Crippen molar-refractivity contribution >= 4 is 17.6 Å². The second-order valence-corrected chi connectivity index (χ2v) is 4.81. The first-order valence-electron chi connectivity index (χ1n) is 6.91. The van der Waals surface area contributed by atoms with Gasteiger partial charge in [0, 0.05) is 18.9 Å². The van der Waals surface area contributed by atoms with Gasteiger partial charge in [-0.3, -0.25) is 9.48 Å². The van der Waals surface area contributed by atoms with Crippen LogP contribution in [-0.4, -0.2) is 28.3 Å². The Hall–Kier alpha value is -2.84. The van der Waals surface area contributed by atoms with Crippen LogP contribution >= 0.6 is 0 Å². The normalized spacial score (nSPS) is 11.2. The Kier molecular flexibility index (Phi) is 4.91. The molecule has 1 heterocycles. The summed E-state index contributed by atoms with van der Waals surface area (Å²) in [6, 6.07) is 5.60. The molecule has 1 amide bonds. The molecule has 0 radical (unpaired) electrons. The third-order valence-electron chi connectivity index (χ3n) is 3.00. The Morgan fingerprint density at radius 3 is 2.42 bits per heavy atom. The molecule has 0 bridgehead atoms. The summed E-state index contributed by atoms with van der Waals surface area (Å²) >= 11 is 0. The van der Waals surface area contributed by atoms with Crippen LogP contribution in [0.2, 0.25) is 0 Å². The van der Waals surface area contributed by atoms with E-state index in [4.69, 9.17) is 4.74 Å². The average molecular weight is 341 g/mol. The Morgan fingerprint density at radius 1 is 1.25 bits per heavy atom. The van der Waals surface area contributed by atoms with Gasteiger partial charge in [-0.15, -0.1) is 0 Å². The molecule has 2 rings (SSSR count). The Morgan fingerprint density at radius 2 is 1.88 bits per heavy atom. The summed E-state index contributed by atoms with van der Waals surface area (Å²) in [5.74, 6) is -1.47. The number of hydrogen-bond donors (Lipinski definition) is 1. The number of aryl methyl sites for hydroxylation is 1. The van der Waals surface area contributed by atoms with Gasteiger partial charge in [-0.05, 0) is 31.2 Å². The van der Waals surface area contributed by atoms with Gasteiger partial charge in [0.05, 0.1) is 17.7 Å². The molecule has 2 aromatic rings. The molecular weight excluding hydrogens is 327 g/mol. The summed E-state index contributed by atoms with van der Waals surface area (Å²) in [5.41, 5.74) is -1.33. The van der Waals surface area contributed by atoms with Crippen LogP contribution in [0.5, 0.6) is 0 Å². The quantitative estimate of drug-likeness (QED) is 0.868. The number of nitrogens with zero attached hydrogens (tertiary/aromatic N) is 2. The third kappa shape index (κ3) is 3.92. The number of amides is 1. The first kappa shape index (κ1) is 17.5. The zero-order chi connectivity index (χ0) is 17.9. The smallest absolute Gasteiger partial charge is 0.435 e. The number of aromatic nitrogens is 2. The average Bonchev–Trinajstić information content (AvgIpc) is 2.90. The molecule has 0 saturated carbocycles. The molecule has 0 spiro atoms. The highest BCUT2D eigenvalue weighted by Crippen LogP contribution is 2.30. The summed E-state index contributed by atoms with van der Waals surface area (Å²) in [5, 5.41) is 5.61. The highest BCUT2D eigenvalue weighted by Gasteiger charge is 2.38. The predicted octanol–water partition coefficient (Wildman–Crippen LogP) is 2.87. The number of ether oxygens (including phenoxy) is 1. The maximum atomic E-state index is 12.9. The topological polar surface area (TPSA) is 73.2 Å². The molecule has 1 aromatic heterocycles. The van der Waals surface area contributed by atoms with Crippen LogP contribution in [0, 0.1) is 0 Å². The van der Waals surface area contributed by atoms with Gasteiger partial charge in [0.25, 0.3) is 5.91 Å². The number of carbonyl (C=O) groups is 2. The van der Waals surface area contributed by atoms with E-state index in [0.717, 1.165) is 10.9 Å². The van der Waals surface area contributed by atoms with Gasteiger partial charge in [-0.2, -0.15) is 18.3 Å². The largest absolute Gasteiger partial charge is 0.462 e. The number of benzene rings is 1. The van der Waals surface area contributed by atoms with E-state index in [1.165, 1.54) is 31.3 Å². The van der Waals surface area contributed by atoms with Crippen molar-refractivity contribution in [2.75, 3.05) is 11.9 Å². The van der Waals surface area contributed by atoms with Gasteiger partial charge >= 0.3 is 12.1 Å². The summed E-state index contributed by atoms with van der Waals surface area (Å²) in [4.78, 5) is 23.6. The van der Waals surface area contributed by atoms with E-state index in [1.807, 2.05) is 0 Å². The highest BCUT2D eigenvalue weighted by molar-refractivity contribution is 6.05. The minimum Gasteiger partial charge on any atom is -0.462 e. The van der Waals surface area contributed by atoms with Crippen molar-refractivity contribution in [2.24, 2.45) is 7.05 Å². The molecule has 0 atom stereocenters. The Labute approximate surface area is 135 Å². The van der Waals surface area contributed by atoms with Gasteiger partial charge < -0.3 is 10.1 Å². The molecule has 24 heavy (non-hydrogen) atoms. The molecule has 1 aromatic carbocycles. The first-order chi connectivity index (χ1) is 11.2. The van der Waals surface area contributed by atoms with Crippen molar-refractivity contribution in [1.82, 2.24) is 9.78 Å². The molecular formula is C15H14F3N3O3. The summed E-state index contributed by atoms with van der Waals surface area (Å²) in [7, 11) is 1.29. The van der Waals surface area contributed by atoms with Crippen LogP contribution in [0.1, 0.15) is 33.3 Å². The zero-order valence-electron chi connectivity index (χ0n) is 12.8. The number of anilines is 1. The first-order valence-corrected chi connectivity index (χ1v) is 6.91. The zero-order valence-corrected chi connectivity index (χ0v) is 12.8. The molecule has 9 heteroatoms. The maximum absolute atomic E-state index is 12.9. The summed E-state index contributed by atoms with van der Waals surface area (Å²) in [6.07, 6.45) is -3.74. The molecule has 0 aliphatic heterocycles. The minimum atomic E-state index is -4.73. The van der Waals surface area contributed by atoms with Crippen LogP contribution in [-0.2, 0) is 18.0 Å². The number of carbonyl (C=O) groups excluding carboxylic acids is 2. The molecule has 1 N–H and O–H groups in total. The SMILES string of the molecule is CCOC(=O)c1ccc(NC(=O)c2cn(C)nc2C(F)(F)F)cc1. The Bertz CT molecular complexity index is 752. The Balaban J connectivity index is 2.17. The predicted molar refractivity (Wildman–Crippen MR) is 78.6 cm³/mol. The van der Waals surface area contributed by atoms with E-state index in [0.29, 0.717) is 0 Å². The van der Waals surface area contributed by atoms with Crippen LogP contribution in [0.3, 0.4) is 0 Å². The van der Waals surface area contributed by atoms with Crippen molar-refractivity contribution in [3.05, 3.63) is 47.3 Å². The summed E-state index contributed by atoms with van der Waals surface area (Å²) in [6.45, 7) is 1.89. The minimum absolute atomic E-state index is 0.221. The van der Waals surface area contributed by atoms with Crippen LogP contribution < -0.4 is 5.32 Å². The third-order valence-corrected chi connectivity index (χ3v) is 3.00. The van der Waals surface area contributed by atoms with Crippen molar-refractivity contribution in [3.8, 4) is 0 Å². The lowest BCUT2D eigenvalue weighted by atomic mass is 10.2. The number of alkyl halides is 3. The van der Waals surface area contributed by atoms with Crippen molar-refractivity contribution < 1.29 is 27.5 Å². The summed E-state index contributed by atoms with van der Waals surface area (Å²) < 4.78 is 44.3. The standard InChI is InChI=1S/C15H14F3N3O3/c1-3-24-14(23)9-4-6-10(7-5-9)19-13(22)11-8-21(2)20-12(11)15(16,17)18/h4-8H,3H2,1-2H3,(H,19,22). The van der Waals surface area contributed by atoms with Crippen molar-refractivity contribution in [2.45, 2.75) is 13.1 Å². The second-order valence-electron chi connectivity index (χ2n) is 4.81. The van der Waals surface area contributed by atoms with Gasteiger partial charge in [0.2, 0.25) is 0 Å².